The van der Waals surface area contributed by atoms with E-state index in [2.05, 4.69) is 12.1 Å². The minimum absolute atomic E-state index is 0.0816. The SMILES string of the molecule is NC(Cc1ccc(Cl)cc1F)C1CSc2ccccc21. The standard InChI is InChI=1S/C16H15ClFNS/c17-11-6-5-10(14(18)8-11)7-15(19)13-9-20-16-4-2-1-3-12(13)16/h1-6,8,13,15H,7,9,19H2. The van der Waals surface area contributed by atoms with E-state index in [0.717, 1.165) is 5.75 Å². The summed E-state index contributed by atoms with van der Waals surface area (Å²) in [7, 11) is 0. The maximum atomic E-state index is 13.8. The summed E-state index contributed by atoms with van der Waals surface area (Å²) in [6.45, 7) is 0. The van der Waals surface area contributed by atoms with Crippen LogP contribution in [-0.2, 0) is 6.42 Å². The van der Waals surface area contributed by atoms with Crippen molar-refractivity contribution in [2.45, 2.75) is 23.3 Å². The maximum absolute atomic E-state index is 13.8. The molecule has 1 aliphatic heterocycles. The number of hydrogen-bond acceptors (Lipinski definition) is 2. The van der Waals surface area contributed by atoms with Crippen LogP contribution in [0.15, 0.2) is 47.4 Å². The first-order valence-electron chi connectivity index (χ1n) is 6.56. The molecule has 0 spiro atoms. The summed E-state index contributed by atoms with van der Waals surface area (Å²) in [6, 6.07) is 13.0. The van der Waals surface area contributed by atoms with Gasteiger partial charge in [-0.2, -0.15) is 0 Å². The van der Waals surface area contributed by atoms with E-state index >= 15 is 0 Å². The average molecular weight is 308 g/mol. The lowest BCUT2D eigenvalue weighted by molar-refractivity contribution is 0.544. The van der Waals surface area contributed by atoms with Crippen LogP contribution in [0.3, 0.4) is 0 Å². The smallest absolute Gasteiger partial charge is 0.127 e. The number of fused-ring (bicyclic) bond motifs is 1. The van der Waals surface area contributed by atoms with Crippen LogP contribution in [0.25, 0.3) is 0 Å². The maximum Gasteiger partial charge on any atom is 0.127 e. The molecule has 104 valence electrons. The highest BCUT2D eigenvalue weighted by Gasteiger charge is 2.28. The Hall–Kier alpha value is -1.03. The van der Waals surface area contributed by atoms with Crippen molar-refractivity contribution >= 4 is 23.4 Å². The number of nitrogens with two attached hydrogens (primary N) is 1. The quantitative estimate of drug-likeness (QED) is 0.918. The summed E-state index contributed by atoms with van der Waals surface area (Å²) >= 11 is 7.60. The number of hydrogen-bond donors (Lipinski definition) is 1. The summed E-state index contributed by atoms with van der Waals surface area (Å²) in [5.41, 5.74) is 8.25. The third-order valence-corrected chi connectivity index (χ3v) is 5.17. The Morgan fingerprint density at radius 1 is 1.30 bits per heavy atom. The lowest BCUT2D eigenvalue weighted by Crippen LogP contribution is -2.31. The summed E-state index contributed by atoms with van der Waals surface area (Å²) in [4.78, 5) is 1.30. The molecule has 0 fully saturated rings. The highest BCUT2D eigenvalue weighted by molar-refractivity contribution is 7.99. The molecule has 2 N–H and O–H groups in total. The van der Waals surface area contributed by atoms with Crippen molar-refractivity contribution in [3.63, 3.8) is 0 Å². The molecule has 0 amide bonds. The van der Waals surface area contributed by atoms with Crippen molar-refractivity contribution in [2.24, 2.45) is 5.73 Å². The van der Waals surface area contributed by atoms with Gasteiger partial charge in [0.15, 0.2) is 0 Å². The second kappa shape index (κ2) is 5.76. The number of rotatable bonds is 3. The molecule has 1 heterocycles. The van der Waals surface area contributed by atoms with Crippen LogP contribution in [0.5, 0.6) is 0 Å². The predicted octanol–water partition coefficient (Wildman–Crippen LogP) is 4.24. The minimum atomic E-state index is -0.271. The lowest BCUT2D eigenvalue weighted by Gasteiger charge is -2.20. The highest BCUT2D eigenvalue weighted by atomic mass is 35.5. The Morgan fingerprint density at radius 2 is 2.10 bits per heavy atom. The van der Waals surface area contributed by atoms with Crippen molar-refractivity contribution in [3.8, 4) is 0 Å². The molecule has 0 aromatic heterocycles. The van der Waals surface area contributed by atoms with Crippen LogP contribution in [0, 0.1) is 5.82 Å². The molecule has 0 radical (unpaired) electrons. The van der Waals surface area contributed by atoms with E-state index in [9.17, 15) is 4.39 Å². The van der Waals surface area contributed by atoms with Gasteiger partial charge in [-0.15, -0.1) is 11.8 Å². The average Bonchev–Trinajstić information content (AvgIpc) is 2.86. The second-order valence-corrected chi connectivity index (χ2v) is 6.56. The zero-order chi connectivity index (χ0) is 14.1. The Labute approximate surface area is 127 Å². The van der Waals surface area contributed by atoms with E-state index in [0.29, 0.717) is 17.0 Å². The summed E-state index contributed by atoms with van der Waals surface area (Å²) in [6.07, 6.45) is 0.530. The molecule has 4 heteroatoms. The summed E-state index contributed by atoms with van der Waals surface area (Å²) in [5, 5.41) is 0.418. The summed E-state index contributed by atoms with van der Waals surface area (Å²) in [5.74, 6) is 0.980. The normalized spacial score (nSPS) is 18.9. The topological polar surface area (TPSA) is 26.0 Å². The molecule has 0 saturated carbocycles. The van der Waals surface area contributed by atoms with Crippen LogP contribution < -0.4 is 5.73 Å². The van der Waals surface area contributed by atoms with E-state index in [4.69, 9.17) is 17.3 Å². The Bertz CT molecular complexity index is 632. The number of halogens is 2. The van der Waals surface area contributed by atoms with Crippen molar-refractivity contribution < 1.29 is 4.39 Å². The third kappa shape index (κ3) is 2.71. The van der Waals surface area contributed by atoms with Crippen molar-refractivity contribution in [1.29, 1.82) is 0 Å². The number of thioether (sulfide) groups is 1. The second-order valence-electron chi connectivity index (χ2n) is 5.06. The molecule has 1 aliphatic rings. The van der Waals surface area contributed by atoms with Crippen LogP contribution in [0.4, 0.5) is 4.39 Å². The molecule has 2 aromatic rings. The van der Waals surface area contributed by atoms with E-state index in [1.165, 1.54) is 16.5 Å². The molecule has 0 saturated heterocycles. The van der Waals surface area contributed by atoms with E-state index in [1.54, 1.807) is 12.1 Å². The zero-order valence-electron chi connectivity index (χ0n) is 10.9. The molecular formula is C16H15ClFNS. The fraction of sp³-hybridized carbons (Fsp3) is 0.250. The molecule has 3 rings (SSSR count). The monoisotopic (exact) mass is 307 g/mol. The first-order chi connectivity index (χ1) is 9.65. The fourth-order valence-corrected chi connectivity index (χ4v) is 4.13. The minimum Gasteiger partial charge on any atom is -0.327 e. The molecule has 0 bridgehead atoms. The fourth-order valence-electron chi connectivity index (χ4n) is 2.63. The lowest BCUT2D eigenvalue weighted by atomic mass is 9.89. The molecule has 2 unspecified atom stereocenters. The van der Waals surface area contributed by atoms with Gasteiger partial charge in [-0.3, -0.25) is 0 Å². The molecule has 2 aromatic carbocycles. The number of benzene rings is 2. The van der Waals surface area contributed by atoms with Gasteiger partial charge in [-0.25, -0.2) is 4.39 Å². The molecular weight excluding hydrogens is 293 g/mol. The zero-order valence-corrected chi connectivity index (χ0v) is 12.4. The predicted molar refractivity (Wildman–Crippen MR) is 83.0 cm³/mol. The van der Waals surface area contributed by atoms with Gasteiger partial charge < -0.3 is 5.73 Å². The summed E-state index contributed by atoms with van der Waals surface area (Å²) < 4.78 is 13.8. The van der Waals surface area contributed by atoms with Crippen LogP contribution in [0.1, 0.15) is 17.0 Å². The van der Waals surface area contributed by atoms with Gasteiger partial charge in [0.25, 0.3) is 0 Å². The molecule has 2 atom stereocenters. The third-order valence-electron chi connectivity index (χ3n) is 3.72. The van der Waals surface area contributed by atoms with Crippen LogP contribution in [-0.4, -0.2) is 11.8 Å². The van der Waals surface area contributed by atoms with Gasteiger partial charge in [-0.05, 0) is 35.7 Å². The van der Waals surface area contributed by atoms with E-state index < -0.39 is 0 Å². The van der Waals surface area contributed by atoms with Crippen molar-refractivity contribution in [3.05, 3.63) is 64.4 Å². The Morgan fingerprint density at radius 3 is 2.90 bits per heavy atom. The first kappa shape index (κ1) is 13.9. The van der Waals surface area contributed by atoms with Gasteiger partial charge in [0.1, 0.15) is 5.82 Å². The molecule has 0 aliphatic carbocycles. The van der Waals surface area contributed by atoms with Crippen molar-refractivity contribution in [1.82, 2.24) is 0 Å². The van der Waals surface area contributed by atoms with Gasteiger partial charge in [0.05, 0.1) is 0 Å². The van der Waals surface area contributed by atoms with Gasteiger partial charge >= 0.3 is 0 Å². The molecule has 20 heavy (non-hydrogen) atoms. The first-order valence-corrected chi connectivity index (χ1v) is 7.93. The Kier molecular flexibility index (Phi) is 4.01. The highest BCUT2D eigenvalue weighted by Crippen LogP contribution is 2.41. The van der Waals surface area contributed by atoms with Gasteiger partial charge in [0.2, 0.25) is 0 Å². The van der Waals surface area contributed by atoms with Crippen LogP contribution >= 0.6 is 23.4 Å². The Balaban J connectivity index is 1.79. The van der Waals surface area contributed by atoms with Gasteiger partial charge in [0, 0.05) is 27.6 Å². The van der Waals surface area contributed by atoms with Crippen LogP contribution in [0.2, 0.25) is 5.02 Å². The van der Waals surface area contributed by atoms with E-state index in [-0.39, 0.29) is 17.8 Å². The van der Waals surface area contributed by atoms with Gasteiger partial charge in [-0.1, -0.05) is 35.9 Å². The van der Waals surface area contributed by atoms with Crippen molar-refractivity contribution in [2.75, 3.05) is 5.75 Å². The largest absolute Gasteiger partial charge is 0.327 e. The van der Waals surface area contributed by atoms with E-state index in [1.807, 2.05) is 23.9 Å². The molecule has 1 nitrogen and oxygen atoms in total.